The van der Waals surface area contributed by atoms with Crippen molar-refractivity contribution in [3.05, 3.63) is 82.9 Å². The van der Waals surface area contributed by atoms with Gasteiger partial charge in [-0.15, -0.1) is 0 Å². The predicted molar refractivity (Wildman–Crippen MR) is 132 cm³/mol. The molecule has 2 aliphatic heterocycles. The van der Waals surface area contributed by atoms with E-state index in [4.69, 9.17) is 14.2 Å². The van der Waals surface area contributed by atoms with Crippen LogP contribution in [0, 0.1) is 0 Å². The topological polar surface area (TPSA) is 77.1 Å². The number of fused-ring (bicyclic) bond motifs is 4. The molecule has 2 heterocycles. The minimum atomic E-state index is -0.590. The van der Waals surface area contributed by atoms with Crippen molar-refractivity contribution in [2.24, 2.45) is 0 Å². The number of nitrogens with one attached hydrogen (secondary N) is 1. The summed E-state index contributed by atoms with van der Waals surface area (Å²) < 4.78 is 16.6. The monoisotopic (exact) mass is 472 g/mol. The Labute approximate surface area is 204 Å². The van der Waals surface area contributed by atoms with Crippen LogP contribution < -0.4 is 19.5 Å². The van der Waals surface area contributed by atoms with E-state index in [9.17, 15) is 9.59 Å². The van der Waals surface area contributed by atoms with E-state index in [0.29, 0.717) is 42.3 Å². The van der Waals surface area contributed by atoms with Crippen molar-refractivity contribution in [1.82, 2.24) is 4.90 Å². The molecule has 7 heteroatoms. The Bertz CT molecular complexity index is 1270. The van der Waals surface area contributed by atoms with Crippen LogP contribution in [0.25, 0.3) is 0 Å². The van der Waals surface area contributed by atoms with Gasteiger partial charge in [0.05, 0.1) is 32.8 Å². The zero-order chi connectivity index (χ0) is 24.5. The molecule has 0 radical (unpaired) electrons. The molecule has 5 rings (SSSR count). The molecule has 35 heavy (non-hydrogen) atoms. The molecule has 180 valence electrons. The van der Waals surface area contributed by atoms with Crippen LogP contribution in [0.1, 0.15) is 45.9 Å². The standard InChI is InChI=1S/C28H28N2O5/c1-4-35-19-11-9-18(10-12-19)29-27(31)25-20-7-5-6-8-21(20)28(32)30-14-13-17-15-23(33-2)24(34-3)16-22(17)26(25)30/h5-12,15-16,25-26H,4,13-14H2,1-3H3,(H,29,31)/t25-,26+/m1/s1. The van der Waals surface area contributed by atoms with E-state index in [1.54, 1.807) is 20.3 Å². The SMILES string of the molecule is CCOc1ccc(NC(=O)[C@@H]2c3ccccc3C(=O)N3CCc4cc(OC)c(OC)cc4[C@@H]23)cc1. The van der Waals surface area contributed by atoms with Gasteiger partial charge >= 0.3 is 0 Å². The van der Waals surface area contributed by atoms with Crippen molar-refractivity contribution in [2.45, 2.75) is 25.3 Å². The van der Waals surface area contributed by atoms with Crippen LogP contribution in [-0.2, 0) is 11.2 Å². The minimum Gasteiger partial charge on any atom is -0.494 e. The Morgan fingerprint density at radius 2 is 1.71 bits per heavy atom. The van der Waals surface area contributed by atoms with E-state index in [1.165, 1.54) is 0 Å². The van der Waals surface area contributed by atoms with E-state index in [0.717, 1.165) is 22.4 Å². The van der Waals surface area contributed by atoms with Crippen LogP contribution in [0.2, 0.25) is 0 Å². The molecule has 0 aliphatic carbocycles. The van der Waals surface area contributed by atoms with Crippen molar-refractivity contribution in [1.29, 1.82) is 0 Å². The van der Waals surface area contributed by atoms with Gasteiger partial charge in [-0.2, -0.15) is 0 Å². The maximum Gasteiger partial charge on any atom is 0.254 e. The van der Waals surface area contributed by atoms with Crippen LogP contribution in [0.3, 0.4) is 0 Å². The van der Waals surface area contributed by atoms with Gasteiger partial charge in [-0.3, -0.25) is 9.59 Å². The molecular formula is C28H28N2O5. The number of hydrogen-bond donors (Lipinski definition) is 1. The molecular weight excluding hydrogens is 444 g/mol. The molecule has 3 aromatic rings. The third-order valence-electron chi connectivity index (χ3n) is 6.74. The molecule has 2 atom stereocenters. The van der Waals surface area contributed by atoms with Crippen LogP contribution >= 0.6 is 0 Å². The molecule has 0 unspecified atom stereocenters. The summed E-state index contributed by atoms with van der Waals surface area (Å²) in [6, 6.07) is 18.1. The lowest BCUT2D eigenvalue weighted by Crippen LogP contribution is -2.49. The van der Waals surface area contributed by atoms with Gasteiger partial charge in [0.25, 0.3) is 5.91 Å². The summed E-state index contributed by atoms with van der Waals surface area (Å²) in [6.07, 6.45) is 0.674. The number of rotatable bonds is 6. The summed E-state index contributed by atoms with van der Waals surface area (Å²) in [6.45, 7) is 3.02. The van der Waals surface area contributed by atoms with Gasteiger partial charge in [-0.05, 0) is 72.5 Å². The summed E-state index contributed by atoms with van der Waals surface area (Å²) in [4.78, 5) is 29.2. The highest BCUT2D eigenvalue weighted by atomic mass is 16.5. The highest BCUT2D eigenvalue weighted by Crippen LogP contribution is 2.48. The lowest BCUT2D eigenvalue weighted by Gasteiger charge is -2.45. The number of amides is 2. The average molecular weight is 473 g/mol. The second-order valence-electron chi connectivity index (χ2n) is 8.61. The van der Waals surface area contributed by atoms with Gasteiger partial charge in [0, 0.05) is 17.8 Å². The summed E-state index contributed by atoms with van der Waals surface area (Å²) in [5, 5.41) is 3.06. The predicted octanol–water partition coefficient (Wildman–Crippen LogP) is 4.58. The van der Waals surface area contributed by atoms with Gasteiger partial charge in [0.15, 0.2) is 11.5 Å². The fourth-order valence-electron chi connectivity index (χ4n) is 5.16. The van der Waals surface area contributed by atoms with Gasteiger partial charge in [-0.25, -0.2) is 0 Å². The summed E-state index contributed by atoms with van der Waals surface area (Å²) in [5.41, 5.74) is 3.92. The van der Waals surface area contributed by atoms with Crippen molar-refractivity contribution < 1.29 is 23.8 Å². The third kappa shape index (κ3) is 3.97. The Morgan fingerprint density at radius 1 is 1.00 bits per heavy atom. The van der Waals surface area contributed by atoms with Crippen LogP contribution in [0.4, 0.5) is 5.69 Å². The number of hydrogen-bond acceptors (Lipinski definition) is 5. The van der Waals surface area contributed by atoms with Crippen molar-refractivity contribution in [3.8, 4) is 17.2 Å². The zero-order valence-electron chi connectivity index (χ0n) is 20.0. The molecule has 3 aromatic carbocycles. The van der Waals surface area contributed by atoms with E-state index in [1.807, 2.05) is 66.4 Å². The molecule has 7 nitrogen and oxygen atoms in total. The number of anilines is 1. The highest BCUT2D eigenvalue weighted by molar-refractivity contribution is 6.04. The normalized spacial score (nSPS) is 18.1. The quantitative estimate of drug-likeness (QED) is 0.568. The smallest absolute Gasteiger partial charge is 0.254 e. The van der Waals surface area contributed by atoms with Gasteiger partial charge < -0.3 is 24.4 Å². The Balaban J connectivity index is 1.59. The fourth-order valence-corrected chi connectivity index (χ4v) is 5.16. The Hall–Kier alpha value is -4.00. The molecule has 0 spiro atoms. The number of nitrogens with zero attached hydrogens (tertiary/aromatic N) is 1. The number of methoxy groups -OCH3 is 2. The number of benzene rings is 3. The first-order chi connectivity index (χ1) is 17.0. The summed E-state index contributed by atoms with van der Waals surface area (Å²) in [5.74, 6) is 1.13. The second kappa shape index (κ2) is 9.33. The Morgan fingerprint density at radius 3 is 2.43 bits per heavy atom. The van der Waals surface area contributed by atoms with Gasteiger partial charge in [0.1, 0.15) is 5.75 Å². The molecule has 1 N–H and O–H groups in total. The molecule has 0 saturated carbocycles. The molecule has 0 bridgehead atoms. The van der Waals surface area contributed by atoms with Crippen molar-refractivity contribution in [3.63, 3.8) is 0 Å². The van der Waals surface area contributed by atoms with Gasteiger partial charge in [-0.1, -0.05) is 18.2 Å². The van der Waals surface area contributed by atoms with Crippen LogP contribution in [0.15, 0.2) is 60.7 Å². The number of ether oxygens (including phenoxy) is 3. The number of carbonyl (C=O) groups excluding carboxylic acids is 2. The molecule has 2 aliphatic rings. The Kier molecular flexibility index (Phi) is 6.07. The van der Waals surface area contributed by atoms with E-state index < -0.39 is 12.0 Å². The molecule has 0 fully saturated rings. The van der Waals surface area contributed by atoms with E-state index >= 15 is 0 Å². The van der Waals surface area contributed by atoms with Gasteiger partial charge in [0.2, 0.25) is 5.91 Å². The van der Waals surface area contributed by atoms with E-state index in [2.05, 4.69) is 5.32 Å². The van der Waals surface area contributed by atoms with Crippen LogP contribution in [0.5, 0.6) is 17.2 Å². The molecule has 2 amide bonds. The van der Waals surface area contributed by atoms with Crippen molar-refractivity contribution >= 4 is 17.5 Å². The number of carbonyl (C=O) groups is 2. The van der Waals surface area contributed by atoms with Crippen molar-refractivity contribution in [2.75, 3.05) is 32.7 Å². The zero-order valence-corrected chi connectivity index (χ0v) is 20.0. The molecule has 0 aromatic heterocycles. The summed E-state index contributed by atoms with van der Waals surface area (Å²) in [7, 11) is 3.19. The second-order valence-corrected chi connectivity index (χ2v) is 8.61. The third-order valence-corrected chi connectivity index (χ3v) is 6.74. The minimum absolute atomic E-state index is 0.0591. The first kappa shape index (κ1) is 22.8. The maximum absolute atomic E-state index is 13.9. The first-order valence-electron chi connectivity index (χ1n) is 11.7. The largest absolute Gasteiger partial charge is 0.494 e. The van der Waals surface area contributed by atoms with E-state index in [-0.39, 0.29) is 11.8 Å². The molecule has 0 saturated heterocycles. The summed E-state index contributed by atoms with van der Waals surface area (Å²) >= 11 is 0. The lowest BCUT2D eigenvalue weighted by molar-refractivity contribution is -0.119. The first-order valence-corrected chi connectivity index (χ1v) is 11.7. The highest BCUT2D eigenvalue weighted by Gasteiger charge is 2.46. The maximum atomic E-state index is 13.9. The fraction of sp³-hybridized carbons (Fsp3) is 0.286. The average Bonchev–Trinajstić information content (AvgIpc) is 2.89. The lowest BCUT2D eigenvalue weighted by atomic mass is 9.75. The van der Waals surface area contributed by atoms with Crippen LogP contribution in [-0.4, -0.2) is 44.1 Å².